The van der Waals surface area contributed by atoms with Gasteiger partial charge in [0.05, 0.1) is 12.2 Å². The van der Waals surface area contributed by atoms with Gasteiger partial charge in [-0.1, -0.05) is 18.7 Å². The quantitative estimate of drug-likeness (QED) is 0.529. The molecule has 8 nitrogen and oxygen atoms in total. The summed E-state index contributed by atoms with van der Waals surface area (Å²) in [5.41, 5.74) is 2.23. The lowest BCUT2D eigenvalue weighted by molar-refractivity contribution is -0.113. The van der Waals surface area contributed by atoms with Crippen molar-refractivity contribution < 1.29 is 9.47 Å². The van der Waals surface area contributed by atoms with Crippen LogP contribution in [0.3, 0.4) is 0 Å². The Morgan fingerprint density at radius 2 is 2.10 bits per heavy atom. The summed E-state index contributed by atoms with van der Waals surface area (Å²) in [5.74, 6) is 0.758. The highest BCUT2D eigenvalue weighted by atomic mass is 32.2. The lowest BCUT2D eigenvalue weighted by atomic mass is 10.3. The van der Waals surface area contributed by atoms with Gasteiger partial charge in [0, 0.05) is 32.7 Å². The largest absolute Gasteiger partial charge is 0.354 e. The van der Waals surface area contributed by atoms with Gasteiger partial charge in [-0.2, -0.15) is 5.10 Å². The summed E-state index contributed by atoms with van der Waals surface area (Å²) in [7, 11) is 5.13. The van der Waals surface area contributed by atoms with Crippen LogP contribution >= 0.6 is 11.8 Å². The molecule has 0 amide bonds. The van der Waals surface area contributed by atoms with Crippen LogP contribution in [0.1, 0.15) is 18.3 Å². The molecular weight excluding hydrogens is 292 g/mol. The van der Waals surface area contributed by atoms with Gasteiger partial charge in [-0.25, -0.2) is 4.68 Å². The van der Waals surface area contributed by atoms with Crippen molar-refractivity contribution in [2.24, 2.45) is 7.05 Å². The molecule has 0 aliphatic heterocycles. The molecule has 0 fully saturated rings. The molecule has 0 saturated heterocycles. The fraction of sp³-hybridized carbons (Fsp3) is 0.667. The number of aryl methyl sites for hydroxylation is 2. The molecule has 2 aromatic rings. The summed E-state index contributed by atoms with van der Waals surface area (Å²) >= 11 is 1.56. The molecule has 0 atom stereocenters. The van der Waals surface area contributed by atoms with Crippen LogP contribution in [0.4, 0.5) is 0 Å². The lowest BCUT2D eigenvalue weighted by Gasteiger charge is -2.13. The number of aromatic nitrogens is 6. The number of tetrazole rings is 1. The van der Waals surface area contributed by atoms with Gasteiger partial charge in [-0.05, 0) is 22.9 Å². The van der Waals surface area contributed by atoms with E-state index in [-0.39, 0.29) is 6.29 Å². The standard InChI is InChI=1S/C12H20N6O2S/c1-5-9-6-10(17(2)14-9)8-21-12-13-15-16-18(12)7-11(19-3)20-4/h6,11H,5,7-8H2,1-4H3. The number of hydrogen-bond donors (Lipinski definition) is 0. The van der Waals surface area contributed by atoms with Crippen LogP contribution in [0.2, 0.25) is 0 Å². The molecule has 21 heavy (non-hydrogen) atoms. The first-order valence-electron chi connectivity index (χ1n) is 6.64. The van der Waals surface area contributed by atoms with Crippen LogP contribution < -0.4 is 0 Å². The predicted molar refractivity (Wildman–Crippen MR) is 77.8 cm³/mol. The highest BCUT2D eigenvalue weighted by molar-refractivity contribution is 7.98. The molecule has 2 heterocycles. The van der Waals surface area contributed by atoms with Crippen molar-refractivity contribution >= 4 is 11.8 Å². The van der Waals surface area contributed by atoms with Crippen LogP contribution in [-0.2, 0) is 35.2 Å². The second kappa shape index (κ2) is 7.53. The minimum atomic E-state index is -0.365. The Morgan fingerprint density at radius 3 is 2.71 bits per heavy atom. The molecular formula is C12H20N6O2S. The van der Waals surface area contributed by atoms with Gasteiger partial charge in [0.2, 0.25) is 5.16 Å². The number of ether oxygens (including phenoxy) is 2. The van der Waals surface area contributed by atoms with E-state index in [9.17, 15) is 0 Å². The van der Waals surface area contributed by atoms with Gasteiger partial charge in [0.15, 0.2) is 6.29 Å². The van der Waals surface area contributed by atoms with Gasteiger partial charge < -0.3 is 9.47 Å². The molecule has 0 radical (unpaired) electrons. The molecule has 2 rings (SSSR count). The molecule has 0 N–H and O–H groups in total. The summed E-state index contributed by atoms with van der Waals surface area (Å²) in [6.07, 6.45) is 0.566. The van der Waals surface area contributed by atoms with E-state index >= 15 is 0 Å². The average molecular weight is 312 g/mol. The van der Waals surface area contributed by atoms with E-state index in [1.807, 2.05) is 11.7 Å². The second-order valence-electron chi connectivity index (χ2n) is 4.44. The van der Waals surface area contributed by atoms with Crippen molar-refractivity contribution in [2.75, 3.05) is 14.2 Å². The Labute approximate surface area is 127 Å². The Bertz CT molecular complexity index is 566. The number of rotatable bonds is 8. The van der Waals surface area contributed by atoms with Gasteiger partial charge in [-0.15, -0.1) is 5.10 Å². The van der Waals surface area contributed by atoms with E-state index in [2.05, 4.69) is 33.6 Å². The van der Waals surface area contributed by atoms with E-state index < -0.39 is 0 Å². The Kier molecular flexibility index (Phi) is 5.71. The highest BCUT2D eigenvalue weighted by Gasteiger charge is 2.14. The van der Waals surface area contributed by atoms with Crippen LogP contribution in [0, 0.1) is 0 Å². The Balaban J connectivity index is 2.00. The number of methoxy groups -OCH3 is 2. The van der Waals surface area contributed by atoms with Gasteiger partial charge in [0.1, 0.15) is 0 Å². The van der Waals surface area contributed by atoms with E-state index in [0.717, 1.165) is 28.7 Å². The normalized spacial score (nSPS) is 11.5. The molecule has 0 spiro atoms. The maximum absolute atomic E-state index is 5.17. The molecule has 2 aromatic heterocycles. The van der Waals surface area contributed by atoms with Crippen LogP contribution in [0.25, 0.3) is 0 Å². The summed E-state index contributed by atoms with van der Waals surface area (Å²) in [5, 5.41) is 16.9. The number of thioether (sulfide) groups is 1. The first kappa shape index (κ1) is 15.9. The van der Waals surface area contributed by atoms with Crippen molar-refractivity contribution in [3.63, 3.8) is 0 Å². The average Bonchev–Trinajstić information content (AvgIpc) is 3.08. The monoisotopic (exact) mass is 312 g/mol. The molecule has 9 heteroatoms. The second-order valence-corrected chi connectivity index (χ2v) is 5.38. The van der Waals surface area contributed by atoms with Crippen molar-refractivity contribution in [3.8, 4) is 0 Å². The van der Waals surface area contributed by atoms with Crippen LogP contribution in [-0.4, -0.2) is 50.5 Å². The van der Waals surface area contributed by atoms with Crippen molar-refractivity contribution in [1.29, 1.82) is 0 Å². The molecule has 0 aromatic carbocycles. The van der Waals surface area contributed by atoms with Gasteiger partial charge in [0.25, 0.3) is 0 Å². The van der Waals surface area contributed by atoms with Crippen molar-refractivity contribution in [2.45, 2.75) is 37.1 Å². The molecule has 0 aliphatic rings. The smallest absolute Gasteiger partial charge is 0.209 e. The summed E-state index contributed by atoms with van der Waals surface area (Å²) in [6.45, 7) is 2.55. The Hall–Kier alpha value is -1.45. The molecule has 0 aliphatic carbocycles. The number of nitrogens with zero attached hydrogens (tertiary/aromatic N) is 6. The minimum absolute atomic E-state index is 0.365. The summed E-state index contributed by atoms with van der Waals surface area (Å²) < 4.78 is 13.9. The predicted octanol–water partition coefficient (Wildman–Crippen LogP) is 0.880. The van der Waals surface area contributed by atoms with Crippen LogP contribution in [0.15, 0.2) is 11.2 Å². The topological polar surface area (TPSA) is 79.9 Å². The fourth-order valence-corrected chi connectivity index (χ4v) is 2.72. The third kappa shape index (κ3) is 4.02. The maximum atomic E-state index is 5.17. The van der Waals surface area contributed by atoms with Crippen molar-refractivity contribution in [1.82, 2.24) is 30.0 Å². The molecule has 0 bridgehead atoms. The van der Waals surface area contributed by atoms with E-state index in [1.165, 1.54) is 0 Å². The maximum Gasteiger partial charge on any atom is 0.209 e. The lowest BCUT2D eigenvalue weighted by Crippen LogP contribution is -2.21. The number of hydrogen-bond acceptors (Lipinski definition) is 7. The molecule has 0 unspecified atom stereocenters. The van der Waals surface area contributed by atoms with E-state index in [4.69, 9.17) is 9.47 Å². The van der Waals surface area contributed by atoms with E-state index in [1.54, 1.807) is 30.7 Å². The SMILES string of the molecule is CCc1cc(CSc2nnnn2CC(OC)OC)n(C)n1. The Morgan fingerprint density at radius 1 is 1.33 bits per heavy atom. The first-order chi connectivity index (χ1) is 10.2. The zero-order valence-corrected chi connectivity index (χ0v) is 13.5. The summed E-state index contributed by atoms with van der Waals surface area (Å²) in [4.78, 5) is 0. The third-order valence-electron chi connectivity index (χ3n) is 3.09. The van der Waals surface area contributed by atoms with Gasteiger partial charge >= 0.3 is 0 Å². The van der Waals surface area contributed by atoms with Gasteiger partial charge in [-0.3, -0.25) is 4.68 Å². The minimum Gasteiger partial charge on any atom is -0.354 e. The highest BCUT2D eigenvalue weighted by Crippen LogP contribution is 2.20. The third-order valence-corrected chi connectivity index (χ3v) is 4.08. The molecule has 116 valence electrons. The zero-order chi connectivity index (χ0) is 15.2. The van der Waals surface area contributed by atoms with Crippen LogP contribution in [0.5, 0.6) is 0 Å². The fourth-order valence-electron chi connectivity index (χ4n) is 1.82. The van der Waals surface area contributed by atoms with E-state index in [0.29, 0.717) is 6.54 Å². The summed E-state index contributed by atoms with van der Waals surface area (Å²) in [6, 6.07) is 2.11. The molecule has 0 saturated carbocycles. The first-order valence-corrected chi connectivity index (χ1v) is 7.62. The zero-order valence-electron chi connectivity index (χ0n) is 12.7. The van der Waals surface area contributed by atoms with Crippen molar-refractivity contribution in [3.05, 3.63) is 17.5 Å².